The average Bonchev–Trinajstić information content (AvgIpc) is 2.94. The molecule has 40 heavy (non-hydrogen) atoms. The molecule has 0 aliphatic rings. The summed E-state index contributed by atoms with van der Waals surface area (Å²) in [5.41, 5.74) is 8.40. The van der Waals surface area contributed by atoms with Gasteiger partial charge in [0.15, 0.2) is 0 Å². The van der Waals surface area contributed by atoms with E-state index in [1.165, 1.54) is 19.1 Å². The highest BCUT2D eigenvalue weighted by Gasteiger charge is 2.30. The van der Waals surface area contributed by atoms with Crippen molar-refractivity contribution in [2.45, 2.75) is 50.4 Å². The van der Waals surface area contributed by atoms with Crippen LogP contribution in [0.4, 0.5) is 0 Å². The molecule has 3 aromatic carbocycles. The molecule has 0 saturated carbocycles. The lowest BCUT2D eigenvalue weighted by molar-refractivity contribution is -0.141. The number of aliphatic carboxylic acids is 1. The standard InChI is InChI=1S/C30H34N4O6/c1-19(30(39)40)32-28(37)25(17-21-10-6-3-7-11-21)34-29(38)26(18-22-12-14-23(35)15-13-22)33-27(36)24(31)16-20-8-4-2-5-9-20/h2-15,19,24-26,35H,16-18,31H2,1H3,(H,32,37)(H,33,36)(H,34,38)(H,39,40). The number of carbonyl (C=O) groups is 4. The highest BCUT2D eigenvalue weighted by Crippen LogP contribution is 2.13. The SMILES string of the molecule is CC(NC(=O)C(Cc1ccccc1)NC(=O)C(Cc1ccc(O)cc1)NC(=O)C(N)Cc1ccccc1)C(=O)O. The van der Waals surface area contributed by atoms with Gasteiger partial charge in [0.25, 0.3) is 0 Å². The quantitative estimate of drug-likeness (QED) is 0.188. The number of amides is 3. The summed E-state index contributed by atoms with van der Waals surface area (Å²) in [7, 11) is 0. The zero-order valence-electron chi connectivity index (χ0n) is 22.1. The zero-order valence-corrected chi connectivity index (χ0v) is 22.1. The maximum atomic E-state index is 13.5. The molecule has 0 radical (unpaired) electrons. The second kappa shape index (κ2) is 14.5. The summed E-state index contributed by atoms with van der Waals surface area (Å²) in [6, 6.07) is 20.0. The van der Waals surface area contributed by atoms with Gasteiger partial charge < -0.3 is 31.9 Å². The maximum Gasteiger partial charge on any atom is 0.325 e. The van der Waals surface area contributed by atoms with Gasteiger partial charge in [-0.25, -0.2) is 0 Å². The van der Waals surface area contributed by atoms with Crippen molar-refractivity contribution in [2.24, 2.45) is 5.73 Å². The number of carboxylic acids is 1. The number of phenols is 1. The van der Waals surface area contributed by atoms with E-state index in [1.807, 2.05) is 36.4 Å². The molecule has 4 atom stereocenters. The Morgan fingerprint density at radius 1 is 0.650 bits per heavy atom. The first-order valence-electron chi connectivity index (χ1n) is 12.9. The monoisotopic (exact) mass is 546 g/mol. The largest absolute Gasteiger partial charge is 0.508 e. The lowest BCUT2D eigenvalue weighted by atomic mass is 10.0. The first-order valence-corrected chi connectivity index (χ1v) is 12.9. The van der Waals surface area contributed by atoms with Crippen molar-refractivity contribution < 1.29 is 29.4 Å². The maximum absolute atomic E-state index is 13.5. The van der Waals surface area contributed by atoms with Crippen molar-refractivity contribution in [1.82, 2.24) is 16.0 Å². The minimum Gasteiger partial charge on any atom is -0.508 e. The van der Waals surface area contributed by atoms with E-state index in [9.17, 15) is 29.4 Å². The minimum absolute atomic E-state index is 0.0471. The number of nitrogens with two attached hydrogens (primary N) is 1. The highest BCUT2D eigenvalue weighted by molar-refractivity contribution is 5.94. The molecule has 10 nitrogen and oxygen atoms in total. The first kappa shape index (κ1) is 29.9. The van der Waals surface area contributed by atoms with E-state index in [1.54, 1.807) is 36.4 Å². The van der Waals surface area contributed by atoms with E-state index in [-0.39, 0.29) is 25.0 Å². The van der Waals surface area contributed by atoms with Crippen LogP contribution in [0, 0.1) is 0 Å². The summed E-state index contributed by atoms with van der Waals surface area (Å²) in [5, 5.41) is 26.7. The van der Waals surface area contributed by atoms with Crippen LogP contribution in [0.1, 0.15) is 23.6 Å². The number of rotatable bonds is 13. The number of carboxylic acid groups (broad SMARTS) is 1. The predicted octanol–water partition coefficient (Wildman–Crippen LogP) is 1.31. The molecule has 0 aromatic heterocycles. The van der Waals surface area contributed by atoms with Crippen LogP contribution in [0.25, 0.3) is 0 Å². The van der Waals surface area contributed by atoms with E-state index in [0.29, 0.717) is 5.56 Å². The molecule has 0 heterocycles. The van der Waals surface area contributed by atoms with Gasteiger partial charge in [-0.05, 0) is 42.2 Å². The molecule has 4 unspecified atom stereocenters. The van der Waals surface area contributed by atoms with Gasteiger partial charge in [0.1, 0.15) is 23.9 Å². The fraction of sp³-hybridized carbons (Fsp3) is 0.267. The van der Waals surface area contributed by atoms with Crippen LogP contribution < -0.4 is 21.7 Å². The Labute approximate surface area is 232 Å². The van der Waals surface area contributed by atoms with Gasteiger partial charge in [0.2, 0.25) is 17.7 Å². The van der Waals surface area contributed by atoms with Gasteiger partial charge >= 0.3 is 5.97 Å². The molecule has 0 aliphatic heterocycles. The summed E-state index contributed by atoms with van der Waals surface area (Å²) >= 11 is 0. The van der Waals surface area contributed by atoms with Gasteiger partial charge in [0, 0.05) is 12.8 Å². The molecular formula is C30H34N4O6. The van der Waals surface area contributed by atoms with Crippen molar-refractivity contribution >= 4 is 23.7 Å². The third kappa shape index (κ3) is 9.25. The first-order chi connectivity index (χ1) is 19.1. The van der Waals surface area contributed by atoms with Crippen LogP contribution in [0.3, 0.4) is 0 Å². The second-order valence-corrected chi connectivity index (χ2v) is 9.55. The second-order valence-electron chi connectivity index (χ2n) is 9.55. The minimum atomic E-state index is -1.22. The summed E-state index contributed by atoms with van der Waals surface area (Å²) in [6.07, 6.45) is 0.408. The number of hydrogen-bond acceptors (Lipinski definition) is 6. The van der Waals surface area contributed by atoms with Crippen molar-refractivity contribution in [3.05, 3.63) is 102 Å². The number of nitrogens with one attached hydrogen (secondary N) is 3. The fourth-order valence-electron chi connectivity index (χ4n) is 4.02. The molecule has 0 bridgehead atoms. The van der Waals surface area contributed by atoms with Crippen LogP contribution in [-0.4, -0.2) is 58.1 Å². The molecule has 3 rings (SSSR count). The summed E-state index contributed by atoms with van der Waals surface area (Å²) in [6.45, 7) is 1.32. The van der Waals surface area contributed by atoms with E-state index in [0.717, 1.165) is 11.1 Å². The molecule has 210 valence electrons. The lowest BCUT2D eigenvalue weighted by Crippen LogP contribution is -2.58. The third-order valence-corrected chi connectivity index (χ3v) is 6.29. The van der Waals surface area contributed by atoms with Gasteiger partial charge in [-0.2, -0.15) is 0 Å². The van der Waals surface area contributed by atoms with Crippen LogP contribution in [0.2, 0.25) is 0 Å². The Hall–Kier alpha value is -4.70. The van der Waals surface area contributed by atoms with Crippen molar-refractivity contribution in [2.75, 3.05) is 0 Å². The number of carbonyl (C=O) groups excluding carboxylic acids is 3. The van der Waals surface area contributed by atoms with Crippen LogP contribution >= 0.6 is 0 Å². The van der Waals surface area contributed by atoms with Crippen molar-refractivity contribution in [3.8, 4) is 5.75 Å². The Morgan fingerprint density at radius 3 is 1.57 bits per heavy atom. The Morgan fingerprint density at radius 2 is 1.07 bits per heavy atom. The summed E-state index contributed by atoms with van der Waals surface area (Å²) in [4.78, 5) is 50.9. The van der Waals surface area contributed by atoms with Gasteiger partial charge in [-0.1, -0.05) is 72.8 Å². The Balaban J connectivity index is 1.81. The summed E-state index contributed by atoms with van der Waals surface area (Å²) in [5.74, 6) is -3.05. The van der Waals surface area contributed by atoms with Gasteiger partial charge in [-0.15, -0.1) is 0 Å². The van der Waals surface area contributed by atoms with Crippen molar-refractivity contribution in [1.29, 1.82) is 0 Å². The molecule has 0 fully saturated rings. The third-order valence-electron chi connectivity index (χ3n) is 6.29. The molecule has 0 saturated heterocycles. The lowest BCUT2D eigenvalue weighted by Gasteiger charge is -2.25. The number of aromatic hydroxyl groups is 1. The van der Waals surface area contributed by atoms with E-state index >= 15 is 0 Å². The van der Waals surface area contributed by atoms with Gasteiger partial charge in [-0.3, -0.25) is 19.2 Å². The predicted molar refractivity (Wildman–Crippen MR) is 149 cm³/mol. The molecule has 3 aromatic rings. The zero-order chi connectivity index (χ0) is 29.1. The van der Waals surface area contributed by atoms with E-state index < -0.39 is 47.9 Å². The molecule has 3 amide bonds. The Bertz CT molecular complexity index is 1280. The number of hydrogen-bond donors (Lipinski definition) is 6. The molecule has 0 aliphatic carbocycles. The number of phenolic OH excluding ortho intramolecular Hbond substituents is 1. The van der Waals surface area contributed by atoms with E-state index in [2.05, 4.69) is 16.0 Å². The highest BCUT2D eigenvalue weighted by atomic mass is 16.4. The van der Waals surface area contributed by atoms with Crippen LogP contribution in [-0.2, 0) is 38.4 Å². The van der Waals surface area contributed by atoms with Crippen LogP contribution in [0.5, 0.6) is 5.75 Å². The fourth-order valence-corrected chi connectivity index (χ4v) is 4.02. The van der Waals surface area contributed by atoms with E-state index in [4.69, 9.17) is 5.73 Å². The topological polar surface area (TPSA) is 171 Å². The Kier molecular flexibility index (Phi) is 10.8. The average molecular weight is 547 g/mol. The molecule has 7 N–H and O–H groups in total. The van der Waals surface area contributed by atoms with Gasteiger partial charge in [0.05, 0.1) is 6.04 Å². The number of benzene rings is 3. The van der Waals surface area contributed by atoms with Crippen LogP contribution in [0.15, 0.2) is 84.9 Å². The molecule has 0 spiro atoms. The normalized spacial score (nSPS) is 13.8. The van der Waals surface area contributed by atoms with Crippen molar-refractivity contribution in [3.63, 3.8) is 0 Å². The smallest absolute Gasteiger partial charge is 0.325 e. The molecular weight excluding hydrogens is 512 g/mol. The summed E-state index contributed by atoms with van der Waals surface area (Å²) < 4.78 is 0. The molecule has 10 heteroatoms.